The van der Waals surface area contributed by atoms with Gasteiger partial charge >= 0.3 is 0 Å². The zero-order valence-electron chi connectivity index (χ0n) is 10.6. The summed E-state index contributed by atoms with van der Waals surface area (Å²) in [7, 11) is 0. The SMILES string of the molecule is CCCn1ncnc1CNCCC1CCCO1. The molecular formula is C12H22N4O. The molecule has 0 aliphatic carbocycles. The lowest BCUT2D eigenvalue weighted by molar-refractivity contribution is 0.104. The highest BCUT2D eigenvalue weighted by Gasteiger charge is 2.14. The second-order valence-corrected chi connectivity index (χ2v) is 4.50. The molecular weight excluding hydrogens is 216 g/mol. The fraction of sp³-hybridized carbons (Fsp3) is 0.833. The highest BCUT2D eigenvalue weighted by atomic mass is 16.5. The summed E-state index contributed by atoms with van der Waals surface area (Å²) < 4.78 is 7.55. The maximum absolute atomic E-state index is 5.58. The third-order valence-corrected chi connectivity index (χ3v) is 3.08. The number of aromatic nitrogens is 3. The predicted octanol–water partition coefficient (Wildman–Crippen LogP) is 1.35. The van der Waals surface area contributed by atoms with Gasteiger partial charge in [0, 0.05) is 13.2 Å². The van der Waals surface area contributed by atoms with Crippen molar-refractivity contribution in [2.75, 3.05) is 13.2 Å². The van der Waals surface area contributed by atoms with Crippen LogP contribution in [-0.2, 0) is 17.8 Å². The molecule has 0 bridgehead atoms. The Labute approximate surface area is 103 Å². The third-order valence-electron chi connectivity index (χ3n) is 3.08. The number of ether oxygens (including phenoxy) is 1. The summed E-state index contributed by atoms with van der Waals surface area (Å²) >= 11 is 0. The van der Waals surface area contributed by atoms with Crippen LogP contribution in [0.1, 0.15) is 38.4 Å². The summed E-state index contributed by atoms with van der Waals surface area (Å²) in [5.74, 6) is 1.03. The van der Waals surface area contributed by atoms with Gasteiger partial charge in [0.25, 0.3) is 0 Å². The van der Waals surface area contributed by atoms with E-state index in [1.54, 1.807) is 6.33 Å². The van der Waals surface area contributed by atoms with Crippen LogP contribution in [0.15, 0.2) is 6.33 Å². The van der Waals surface area contributed by atoms with Crippen LogP contribution in [0.4, 0.5) is 0 Å². The number of rotatable bonds is 7. The standard InChI is InChI=1S/C12H22N4O/c1-2-7-16-12(14-10-15-16)9-13-6-5-11-4-3-8-17-11/h10-11,13H,2-9H2,1H3. The highest BCUT2D eigenvalue weighted by Crippen LogP contribution is 2.14. The van der Waals surface area contributed by atoms with Crippen molar-refractivity contribution in [3.8, 4) is 0 Å². The molecule has 0 spiro atoms. The molecule has 17 heavy (non-hydrogen) atoms. The van der Waals surface area contributed by atoms with Crippen LogP contribution >= 0.6 is 0 Å². The van der Waals surface area contributed by atoms with E-state index in [0.717, 1.165) is 44.9 Å². The Bertz CT molecular complexity index is 320. The Balaban J connectivity index is 1.65. The summed E-state index contributed by atoms with van der Waals surface area (Å²) in [5.41, 5.74) is 0. The minimum Gasteiger partial charge on any atom is -0.378 e. The number of aryl methyl sites for hydroxylation is 1. The lowest BCUT2D eigenvalue weighted by atomic mass is 10.2. The number of hydrogen-bond donors (Lipinski definition) is 1. The third kappa shape index (κ3) is 3.78. The first-order valence-corrected chi connectivity index (χ1v) is 6.59. The largest absolute Gasteiger partial charge is 0.378 e. The van der Waals surface area contributed by atoms with E-state index in [1.807, 2.05) is 4.68 Å². The zero-order valence-corrected chi connectivity index (χ0v) is 10.6. The number of nitrogens with zero attached hydrogens (tertiary/aromatic N) is 3. The van der Waals surface area contributed by atoms with Gasteiger partial charge in [0.05, 0.1) is 12.6 Å². The van der Waals surface area contributed by atoms with Gasteiger partial charge in [-0.15, -0.1) is 0 Å². The molecule has 0 amide bonds. The van der Waals surface area contributed by atoms with E-state index in [4.69, 9.17) is 4.74 Å². The van der Waals surface area contributed by atoms with Crippen LogP contribution < -0.4 is 5.32 Å². The van der Waals surface area contributed by atoms with Crippen molar-refractivity contribution in [2.45, 2.75) is 51.8 Å². The van der Waals surface area contributed by atoms with Gasteiger partial charge in [-0.3, -0.25) is 0 Å². The molecule has 1 atom stereocenters. The molecule has 1 aromatic heterocycles. The molecule has 1 N–H and O–H groups in total. The zero-order chi connectivity index (χ0) is 11.9. The topological polar surface area (TPSA) is 52.0 Å². The van der Waals surface area contributed by atoms with Crippen molar-refractivity contribution in [3.05, 3.63) is 12.2 Å². The maximum atomic E-state index is 5.58. The van der Waals surface area contributed by atoms with Gasteiger partial charge in [-0.25, -0.2) is 9.67 Å². The molecule has 0 aromatic carbocycles. The Hall–Kier alpha value is -0.940. The van der Waals surface area contributed by atoms with Crippen molar-refractivity contribution >= 4 is 0 Å². The lowest BCUT2D eigenvalue weighted by Gasteiger charge is -2.10. The molecule has 1 saturated heterocycles. The molecule has 5 nitrogen and oxygen atoms in total. The average Bonchev–Trinajstić information content (AvgIpc) is 2.96. The van der Waals surface area contributed by atoms with Gasteiger partial charge < -0.3 is 10.1 Å². The molecule has 2 rings (SSSR count). The van der Waals surface area contributed by atoms with Gasteiger partial charge in [-0.1, -0.05) is 6.92 Å². The van der Waals surface area contributed by atoms with Gasteiger partial charge in [0.1, 0.15) is 12.2 Å². The van der Waals surface area contributed by atoms with Crippen molar-refractivity contribution in [1.29, 1.82) is 0 Å². The summed E-state index contributed by atoms with van der Waals surface area (Å²) in [5, 5.41) is 7.61. The van der Waals surface area contributed by atoms with Crippen LogP contribution in [0.3, 0.4) is 0 Å². The maximum Gasteiger partial charge on any atom is 0.140 e. The molecule has 1 aliphatic heterocycles. The molecule has 1 aromatic rings. The first-order chi connectivity index (χ1) is 8.40. The van der Waals surface area contributed by atoms with Crippen LogP contribution in [-0.4, -0.2) is 34.0 Å². The van der Waals surface area contributed by atoms with Crippen LogP contribution in [0, 0.1) is 0 Å². The van der Waals surface area contributed by atoms with E-state index in [9.17, 15) is 0 Å². The second kappa shape index (κ2) is 6.71. The average molecular weight is 238 g/mol. The van der Waals surface area contributed by atoms with Crippen LogP contribution in [0.25, 0.3) is 0 Å². The molecule has 96 valence electrons. The van der Waals surface area contributed by atoms with Crippen molar-refractivity contribution in [1.82, 2.24) is 20.1 Å². The number of hydrogen-bond acceptors (Lipinski definition) is 4. The quantitative estimate of drug-likeness (QED) is 0.728. The molecule has 2 heterocycles. The Morgan fingerprint density at radius 1 is 1.59 bits per heavy atom. The molecule has 5 heteroatoms. The van der Waals surface area contributed by atoms with E-state index in [2.05, 4.69) is 22.3 Å². The smallest absolute Gasteiger partial charge is 0.140 e. The van der Waals surface area contributed by atoms with E-state index < -0.39 is 0 Å². The summed E-state index contributed by atoms with van der Waals surface area (Å²) in [6.07, 6.45) is 6.72. The fourth-order valence-electron chi connectivity index (χ4n) is 2.16. The summed E-state index contributed by atoms with van der Waals surface area (Å²) in [4.78, 5) is 4.26. The summed E-state index contributed by atoms with van der Waals surface area (Å²) in [6, 6.07) is 0. The first kappa shape index (κ1) is 12.5. The van der Waals surface area contributed by atoms with Gasteiger partial charge in [-0.05, 0) is 32.2 Å². The monoisotopic (exact) mass is 238 g/mol. The van der Waals surface area contributed by atoms with Crippen LogP contribution in [0.5, 0.6) is 0 Å². The molecule has 0 saturated carbocycles. The van der Waals surface area contributed by atoms with Gasteiger partial charge in [0.15, 0.2) is 0 Å². The molecule has 1 fully saturated rings. The minimum absolute atomic E-state index is 0.469. The van der Waals surface area contributed by atoms with E-state index in [0.29, 0.717) is 6.10 Å². The predicted molar refractivity (Wildman–Crippen MR) is 65.6 cm³/mol. The van der Waals surface area contributed by atoms with Gasteiger partial charge in [-0.2, -0.15) is 5.10 Å². The summed E-state index contributed by atoms with van der Waals surface area (Å²) in [6.45, 7) is 5.82. The Kier molecular flexibility index (Phi) is 4.94. The van der Waals surface area contributed by atoms with E-state index in [1.165, 1.54) is 12.8 Å². The van der Waals surface area contributed by atoms with Crippen LogP contribution in [0.2, 0.25) is 0 Å². The first-order valence-electron chi connectivity index (χ1n) is 6.59. The Morgan fingerprint density at radius 2 is 2.53 bits per heavy atom. The van der Waals surface area contributed by atoms with Crippen molar-refractivity contribution in [3.63, 3.8) is 0 Å². The molecule has 1 aliphatic rings. The van der Waals surface area contributed by atoms with E-state index >= 15 is 0 Å². The molecule has 1 unspecified atom stereocenters. The normalized spacial score (nSPS) is 19.9. The second-order valence-electron chi connectivity index (χ2n) is 4.50. The van der Waals surface area contributed by atoms with Crippen molar-refractivity contribution < 1.29 is 4.74 Å². The minimum atomic E-state index is 0.469. The van der Waals surface area contributed by atoms with Gasteiger partial charge in [0.2, 0.25) is 0 Å². The Morgan fingerprint density at radius 3 is 3.29 bits per heavy atom. The fourth-order valence-corrected chi connectivity index (χ4v) is 2.16. The van der Waals surface area contributed by atoms with E-state index in [-0.39, 0.29) is 0 Å². The highest BCUT2D eigenvalue weighted by molar-refractivity contribution is 4.83. The molecule has 0 radical (unpaired) electrons. The number of nitrogens with one attached hydrogen (secondary N) is 1. The van der Waals surface area contributed by atoms with Crippen molar-refractivity contribution in [2.24, 2.45) is 0 Å². The lowest BCUT2D eigenvalue weighted by Crippen LogP contribution is -2.22.